The van der Waals surface area contributed by atoms with Crippen LogP contribution in [-0.2, 0) is 9.59 Å². The van der Waals surface area contributed by atoms with Gasteiger partial charge in [0.1, 0.15) is 0 Å². The van der Waals surface area contributed by atoms with Crippen LogP contribution in [-0.4, -0.2) is 30.1 Å². The van der Waals surface area contributed by atoms with E-state index in [9.17, 15) is 22.8 Å². The van der Waals surface area contributed by atoms with Crippen LogP contribution < -0.4 is 10.6 Å². The summed E-state index contributed by atoms with van der Waals surface area (Å²) in [6, 6.07) is 0. The molecule has 2 N–H and O–H groups in total. The van der Waals surface area contributed by atoms with Crippen molar-refractivity contribution in [2.45, 2.75) is 57.2 Å². The number of hydrogen-bond acceptors (Lipinski definition) is 2. The van der Waals surface area contributed by atoms with E-state index >= 15 is 0 Å². The molecule has 21 heavy (non-hydrogen) atoms. The number of rotatable bonds is 5. The molecule has 0 bridgehead atoms. The highest BCUT2D eigenvalue weighted by Gasteiger charge is 2.53. The van der Waals surface area contributed by atoms with E-state index in [-0.39, 0.29) is 17.7 Å². The minimum Gasteiger partial charge on any atom is -0.353 e. The molecule has 0 aromatic rings. The second-order valence-electron chi connectivity index (χ2n) is 6.29. The van der Waals surface area contributed by atoms with E-state index in [0.717, 1.165) is 32.6 Å². The lowest BCUT2D eigenvalue weighted by Gasteiger charge is -2.36. The van der Waals surface area contributed by atoms with Gasteiger partial charge in [-0.15, -0.1) is 0 Å². The van der Waals surface area contributed by atoms with E-state index in [2.05, 4.69) is 10.6 Å². The maximum absolute atomic E-state index is 13.2. The van der Waals surface area contributed by atoms with Crippen LogP contribution in [0.15, 0.2) is 0 Å². The molecule has 2 fully saturated rings. The molecule has 0 unspecified atom stereocenters. The average Bonchev–Trinajstić information content (AvgIpc) is 2.19. The number of alkyl halides is 3. The van der Waals surface area contributed by atoms with Gasteiger partial charge in [-0.1, -0.05) is 12.8 Å². The normalized spacial score (nSPS) is 22.7. The van der Waals surface area contributed by atoms with E-state index < -0.39 is 24.2 Å². The molecule has 0 heterocycles. The molecule has 0 spiro atoms. The summed E-state index contributed by atoms with van der Waals surface area (Å²) in [7, 11) is 0. The van der Waals surface area contributed by atoms with Gasteiger partial charge in [0.15, 0.2) is 5.54 Å². The maximum Gasteiger partial charge on any atom is 0.412 e. The number of hydrogen-bond donors (Lipinski definition) is 2. The van der Waals surface area contributed by atoms with Crippen LogP contribution >= 0.6 is 0 Å². The topological polar surface area (TPSA) is 58.2 Å². The highest BCUT2D eigenvalue weighted by molar-refractivity contribution is 5.81. The monoisotopic (exact) mass is 306 g/mol. The molecule has 4 nitrogen and oxygen atoms in total. The first-order valence-electron chi connectivity index (χ1n) is 7.39. The zero-order chi connectivity index (χ0) is 15.7. The summed E-state index contributed by atoms with van der Waals surface area (Å²) < 4.78 is 39.7. The Hall–Kier alpha value is -1.27. The Morgan fingerprint density at radius 2 is 1.48 bits per heavy atom. The number of carbonyl (C=O) groups excluding carboxylic acids is 2. The smallest absolute Gasteiger partial charge is 0.353 e. The quantitative estimate of drug-likeness (QED) is 0.817. The second-order valence-corrected chi connectivity index (χ2v) is 6.29. The number of nitrogens with one attached hydrogen (secondary N) is 2. The van der Waals surface area contributed by atoms with Crippen LogP contribution in [0.3, 0.4) is 0 Å². The summed E-state index contributed by atoms with van der Waals surface area (Å²) in [5.41, 5.74) is -2.42. The van der Waals surface area contributed by atoms with Crippen LogP contribution in [0.5, 0.6) is 0 Å². The minimum absolute atomic E-state index is 0.176. The molecule has 1 atom stereocenters. The molecular weight excluding hydrogens is 285 g/mol. The van der Waals surface area contributed by atoms with Crippen molar-refractivity contribution < 1.29 is 22.8 Å². The van der Waals surface area contributed by atoms with Gasteiger partial charge in [0.05, 0.1) is 0 Å². The van der Waals surface area contributed by atoms with Crippen LogP contribution in [0, 0.1) is 11.8 Å². The van der Waals surface area contributed by atoms with Gasteiger partial charge in [-0.2, -0.15) is 13.2 Å². The Bertz CT molecular complexity index is 417. The van der Waals surface area contributed by atoms with Gasteiger partial charge in [0.2, 0.25) is 11.8 Å². The lowest BCUT2D eigenvalue weighted by molar-refractivity contribution is -0.194. The summed E-state index contributed by atoms with van der Waals surface area (Å²) in [5.74, 6) is -1.42. The van der Waals surface area contributed by atoms with Gasteiger partial charge >= 0.3 is 6.18 Å². The third kappa shape index (κ3) is 3.49. The Kier molecular flexibility index (Phi) is 4.49. The molecule has 0 saturated heterocycles. The van der Waals surface area contributed by atoms with Crippen molar-refractivity contribution in [3.63, 3.8) is 0 Å². The van der Waals surface area contributed by atoms with Crippen molar-refractivity contribution in [1.82, 2.24) is 10.6 Å². The fourth-order valence-electron chi connectivity index (χ4n) is 2.34. The summed E-state index contributed by atoms with van der Waals surface area (Å²) in [4.78, 5) is 23.5. The molecule has 2 saturated carbocycles. The van der Waals surface area contributed by atoms with E-state index in [1.54, 1.807) is 0 Å². The predicted molar refractivity (Wildman–Crippen MR) is 70.3 cm³/mol. The Labute approximate surface area is 121 Å². The SMILES string of the molecule is C[C@@](CNC(=O)C1CCC1)(NC(=O)C1CCC1)C(F)(F)F. The van der Waals surface area contributed by atoms with E-state index in [4.69, 9.17) is 0 Å². The van der Waals surface area contributed by atoms with E-state index in [1.807, 2.05) is 0 Å². The fraction of sp³-hybridized carbons (Fsp3) is 0.857. The number of halogens is 3. The highest BCUT2D eigenvalue weighted by Crippen LogP contribution is 2.33. The molecule has 2 aliphatic rings. The zero-order valence-electron chi connectivity index (χ0n) is 12.1. The highest BCUT2D eigenvalue weighted by atomic mass is 19.4. The van der Waals surface area contributed by atoms with Crippen molar-refractivity contribution in [2.24, 2.45) is 11.8 Å². The van der Waals surface area contributed by atoms with Crippen molar-refractivity contribution in [2.75, 3.05) is 6.54 Å². The summed E-state index contributed by atoms with van der Waals surface area (Å²) in [6.45, 7) is 0.301. The summed E-state index contributed by atoms with van der Waals surface area (Å²) in [5, 5.41) is 4.43. The second kappa shape index (κ2) is 5.85. The molecule has 120 valence electrons. The average molecular weight is 306 g/mol. The van der Waals surface area contributed by atoms with Gasteiger partial charge in [-0.3, -0.25) is 9.59 Å². The molecule has 0 radical (unpaired) electrons. The Morgan fingerprint density at radius 3 is 1.86 bits per heavy atom. The summed E-state index contributed by atoms with van der Waals surface area (Å²) >= 11 is 0. The van der Waals surface area contributed by atoms with Crippen molar-refractivity contribution in [1.29, 1.82) is 0 Å². The minimum atomic E-state index is -4.61. The molecule has 0 aromatic carbocycles. The van der Waals surface area contributed by atoms with Crippen LogP contribution in [0.25, 0.3) is 0 Å². The first-order valence-corrected chi connectivity index (χ1v) is 7.39. The Morgan fingerprint density at radius 1 is 1.00 bits per heavy atom. The molecule has 7 heteroatoms. The first kappa shape index (κ1) is 16.1. The summed E-state index contributed by atoms with van der Waals surface area (Å²) in [6.07, 6.45) is -0.0834. The van der Waals surface area contributed by atoms with Gasteiger partial charge in [-0.25, -0.2) is 0 Å². The first-order chi connectivity index (χ1) is 9.73. The lowest BCUT2D eigenvalue weighted by Crippen LogP contribution is -2.64. The van der Waals surface area contributed by atoms with Gasteiger partial charge in [-0.05, 0) is 32.6 Å². The maximum atomic E-state index is 13.2. The lowest BCUT2D eigenvalue weighted by atomic mass is 9.83. The zero-order valence-corrected chi connectivity index (χ0v) is 12.1. The standard InChI is InChI=1S/C14H21F3N2O2/c1-13(14(15,16)17,19-12(21)10-6-3-7-10)8-18-11(20)9-4-2-5-9/h9-10H,2-8H2,1H3,(H,18,20)(H,19,21)/t13-/m0/s1. The van der Waals surface area contributed by atoms with Crippen LogP contribution in [0.2, 0.25) is 0 Å². The molecule has 0 aliphatic heterocycles. The van der Waals surface area contributed by atoms with Crippen molar-refractivity contribution in [3.8, 4) is 0 Å². The van der Waals surface area contributed by atoms with Gasteiger partial charge in [0, 0.05) is 18.4 Å². The fourth-order valence-corrected chi connectivity index (χ4v) is 2.34. The molecule has 0 aromatic heterocycles. The molecule has 2 amide bonds. The third-order valence-electron chi connectivity index (χ3n) is 4.59. The van der Waals surface area contributed by atoms with Crippen molar-refractivity contribution in [3.05, 3.63) is 0 Å². The van der Waals surface area contributed by atoms with Crippen LogP contribution in [0.1, 0.15) is 45.4 Å². The van der Waals surface area contributed by atoms with Gasteiger partial charge in [0.25, 0.3) is 0 Å². The van der Waals surface area contributed by atoms with E-state index in [0.29, 0.717) is 12.8 Å². The van der Waals surface area contributed by atoms with E-state index in [1.165, 1.54) is 0 Å². The third-order valence-corrected chi connectivity index (χ3v) is 4.59. The molecular formula is C14H21F3N2O2. The number of amides is 2. The van der Waals surface area contributed by atoms with Crippen molar-refractivity contribution >= 4 is 11.8 Å². The van der Waals surface area contributed by atoms with Gasteiger partial charge < -0.3 is 10.6 Å². The van der Waals surface area contributed by atoms with Crippen LogP contribution in [0.4, 0.5) is 13.2 Å². The Balaban J connectivity index is 1.94. The predicted octanol–water partition coefficient (Wildman–Crippen LogP) is 2.14. The number of carbonyl (C=O) groups is 2. The molecule has 2 rings (SSSR count). The molecule has 2 aliphatic carbocycles. The largest absolute Gasteiger partial charge is 0.412 e.